The molecule has 0 spiro atoms. The van der Waals surface area contributed by atoms with E-state index in [2.05, 4.69) is 4.98 Å². The molecule has 30 heavy (non-hydrogen) atoms. The Labute approximate surface area is 181 Å². The molecule has 1 aliphatic rings. The van der Waals surface area contributed by atoms with Gasteiger partial charge in [-0.2, -0.15) is 0 Å². The van der Waals surface area contributed by atoms with Gasteiger partial charge >= 0.3 is 0 Å². The number of para-hydroxylation sites is 1. The third kappa shape index (κ3) is 4.07. The molecule has 0 unspecified atom stereocenters. The molecule has 3 aromatic rings. The molecule has 0 bridgehead atoms. The summed E-state index contributed by atoms with van der Waals surface area (Å²) in [5, 5.41) is 0.865. The largest absolute Gasteiger partial charge is 0.465 e. The van der Waals surface area contributed by atoms with Gasteiger partial charge in [0.25, 0.3) is 5.91 Å². The van der Waals surface area contributed by atoms with Crippen LogP contribution in [0.3, 0.4) is 0 Å². The van der Waals surface area contributed by atoms with Crippen LogP contribution in [-0.2, 0) is 16.1 Å². The highest BCUT2D eigenvalue weighted by atomic mass is 32.2. The standard InChI is InChI=1S/C21H17N3O4S2/c1-23(11-13-9-18(25)22-16-7-3-2-6-15(13)16)19(26)12-24-20(27)17(30-21(24)29)10-14-5-4-8-28-14/h2-10H,11-12H2,1H3,(H,22,25)/b17-10+. The van der Waals surface area contributed by atoms with Crippen molar-refractivity contribution in [1.82, 2.24) is 14.8 Å². The Balaban J connectivity index is 1.48. The maximum Gasteiger partial charge on any atom is 0.266 e. The molecule has 1 N–H and O–H groups in total. The van der Waals surface area contributed by atoms with E-state index in [9.17, 15) is 14.4 Å². The maximum atomic E-state index is 12.8. The molecule has 1 aromatic carbocycles. The number of likely N-dealkylation sites (N-methyl/N-ethyl adjacent to an activating group) is 1. The quantitative estimate of drug-likeness (QED) is 0.486. The van der Waals surface area contributed by atoms with Crippen molar-refractivity contribution in [2.24, 2.45) is 0 Å². The zero-order chi connectivity index (χ0) is 21.3. The SMILES string of the molecule is CN(Cc1cc(=O)[nH]c2ccccc12)C(=O)CN1C(=O)/C(=C\c2ccco2)SC1=S. The Bertz CT molecular complexity index is 1230. The Morgan fingerprint density at radius 1 is 1.27 bits per heavy atom. The van der Waals surface area contributed by atoms with Gasteiger partial charge < -0.3 is 14.3 Å². The van der Waals surface area contributed by atoms with Crippen LogP contribution in [0, 0.1) is 0 Å². The summed E-state index contributed by atoms with van der Waals surface area (Å²) in [5.41, 5.74) is 1.21. The number of thioether (sulfide) groups is 1. The van der Waals surface area contributed by atoms with Crippen molar-refractivity contribution >= 4 is 57.1 Å². The number of benzene rings is 1. The van der Waals surface area contributed by atoms with E-state index in [0.29, 0.717) is 20.5 Å². The Hall–Kier alpha value is -3.17. The van der Waals surface area contributed by atoms with Gasteiger partial charge in [0, 0.05) is 36.6 Å². The first-order chi connectivity index (χ1) is 14.4. The van der Waals surface area contributed by atoms with Gasteiger partial charge in [0.2, 0.25) is 11.5 Å². The third-order valence-corrected chi connectivity index (χ3v) is 6.03. The number of hydrogen-bond donors (Lipinski definition) is 1. The summed E-state index contributed by atoms with van der Waals surface area (Å²) in [4.78, 5) is 43.3. The Morgan fingerprint density at radius 2 is 2.07 bits per heavy atom. The van der Waals surface area contributed by atoms with Crippen LogP contribution in [0.25, 0.3) is 17.0 Å². The molecular weight excluding hydrogens is 422 g/mol. The third-order valence-electron chi connectivity index (χ3n) is 4.65. The molecule has 4 rings (SSSR count). The van der Waals surface area contributed by atoms with Crippen LogP contribution in [-0.4, -0.2) is 44.5 Å². The van der Waals surface area contributed by atoms with Crippen LogP contribution in [0.1, 0.15) is 11.3 Å². The number of aromatic nitrogens is 1. The molecule has 1 aliphatic heterocycles. The summed E-state index contributed by atoms with van der Waals surface area (Å²) in [5.74, 6) is -0.0696. The topological polar surface area (TPSA) is 86.6 Å². The minimum absolute atomic E-state index is 0.169. The predicted octanol–water partition coefficient (Wildman–Crippen LogP) is 2.98. The van der Waals surface area contributed by atoms with Gasteiger partial charge in [-0.1, -0.05) is 42.2 Å². The molecule has 1 fully saturated rings. The maximum absolute atomic E-state index is 12.8. The van der Waals surface area contributed by atoms with E-state index in [1.54, 1.807) is 25.3 Å². The van der Waals surface area contributed by atoms with E-state index in [4.69, 9.17) is 16.6 Å². The number of carbonyl (C=O) groups excluding carboxylic acids is 2. The average Bonchev–Trinajstić information content (AvgIpc) is 3.32. The zero-order valence-corrected chi connectivity index (χ0v) is 17.6. The number of furan rings is 1. The fourth-order valence-electron chi connectivity index (χ4n) is 3.15. The summed E-state index contributed by atoms with van der Waals surface area (Å²) in [6.07, 6.45) is 3.12. The lowest BCUT2D eigenvalue weighted by Crippen LogP contribution is -2.40. The molecule has 7 nitrogen and oxygen atoms in total. The number of fused-ring (bicyclic) bond motifs is 1. The predicted molar refractivity (Wildman–Crippen MR) is 120 cm³/mol. The lowest BCUT2D eigenvalue weighted by Gasteiger charge is -2.21. The summed E-state index contributed by atoms with van der Waals surface area (Å²) in [7, 11) is 1.63. The highest BCUT2D eigenvalue weighted by Gasteiger charge is 2.34. The van der Waals surface area contributed by atoms with Crippen molar-refractivity contribution < 1.29 is 14.0 Å². The van der Waals surface area contributed by atoms with Crippen molar-refractivity contribution in [2.75, 3.05) is 13.6 Å². The number of thiocarbonyl (C=S) groups is 1. The van der Waals surface area contributed by atoms with Crippen molar-refractivity contribution in [3.63, 3.8) is 0 Å². The molecule has 0 radical (unpaired) electrons. The molecule has 152 valence electrons. The van der Waals surface area contributed by atoms with Gasteiger partial charge in [0.05, 0.1) is 11.2 Å². The number of aromatic amines is 1. The van der Waals surface area contributed by atoms with Gasteiger partial charge in [0.1, 0.15) is 16.6 Å². The first kappa shape index (κ1) is 20.1. The molecule has 1 saturated heterocycles. The number of amides is 2. The van der Waals surface area contributed by atoms with E-state index in [-0.39, 0.29) is 30.5 Å². The van der Waals surface area contributed by atoms with Crippen molar-refractivity contribution in [3.05, 3.63) is 75.3 Å². The number of carbonyl (C=O) groups is 2. The lowest BCUT2D eigenvalue weighted by molar-refractivity contribution is -0.134. The number of nitrogens with zero attached hydrogens (tertiary/aromatic N) is 2. The first-order valence-electron chi connectivity index (χ1n) is 9.06. The molecule has 2 aromatic heterocycles. The van der Waals surface area contributed by atoms with E-state index < -0.39 is 0 Å². The van der Waals surface area contributed by atoms with Gasteiger partial charge in [0.15, 0.2) is 0 Å². The summed E-state index contributed by atoms with van der Waals surface area (Å²) < 4.78 is 5.56. The van der Waals surface area contributed by atoms with E-state index >= 15 is 0 Å². The normalized spacial score (nSPS) is 15.4. The van der Waals surface area contributed by atoms with Crippen LogP contribution >= 0.6 is 24.0 Å². The van der Waals surface area contributed by atoms with Crippen LogP contribution < -0.4 is 5.56 Å². The minimum atomic E-state index is -0.329. The summed E-state index contributed by atoms with van der Waals surface area (Å²) >= 11 is 6.42. The molecule has 0 aliphatic carbocycles. The number of H-pyrrole nitrogens is 1. The number of pyridine rings is 1. The van der Waals surface area contributed by atoms with Gasteiger partial charge in [-0.25, -0.2) is 0 Å². The number of hydrogen-bond acceptors (Lipinski definition) is 6. The van der Waals surface area contributed by atoms with E-state index in [1.165, 1.54) is 22.1 Å². The number of nitrogens with one attached hydrogen (secondary N) is 1. The highest BCUT2D eigenvalue weighted by Crippen LogP contribution is 2.32. The zero-order valence-electron chi connectivity index (χ0n) is 16.0. The molecule has 0 atom stereocenters. The Morgan fingerprint density at radius 3 is 2.83 bits per heavy atom. The molecule has 9 heteroatoms. The number of rotatable bonds is 5. The van der Waals surface area contributed by atoms with Gasteiger partial charge in [-0.3, -0.25) is 19.3 Å². The second-order valence-corrected chi connectivity index (χ2v) is 8.41. The van der Waals surface area contributed by atoms with Crippen LogP contribution in [0.2, 0.25) is 0 Å². The fraction of sp³-hybridized carbons (Fsp3) is 0.143. The van der Waals surface area contributed by atoms with E-state index in [1.807, 2.05) is 24.3 Å². The summed E-state index contributed by atoms with van der Waals surface area (Å²) in [6, 6.07) is 12.4. The lowest BCUT2D eigenvalue weighted by atomic mass is 10.1. The molecule has 0 saturated carbocycles. The van der Waals surface area contributed by atoms with Crippen molar-refractivity contribution in [2.45, 2.75) is 6.54 Å². The Kier molecular flexibility index (Phi) is 5.56. The van der Waals surface area contributed by atoms with Crippen LogP contribution in [0.15, 0.2) is 62.8 Å². The van der Waals surface area contributed by atoms with Crippen LogP contribution in [0.4, 0.5) is 0 Å². The van der Waals surface area contributed by atoms with Crippen LogP contribution in [0.5, 0.6) is 0 Å². The monoisotopic (exact) mass is 439 g/mol. The molecule has 2 amide bonds. The van der Waals surface area contributed by atoms with Gasteiger partial charge in [-0.15, -0.1) is 0 Å². The molecule has 3 heterocycles. The second-order valence-electron chi connectivity index (χ2n) is 6.74. The second kappa shape index (κ2) is 8.29. The smallest absolute Gasteiger partial charge is 0.266 e. The summed E-state index contributed by atoms with van der Waals surface area (Å²) in [6.45, 7) is 0.0675. The first-order valence-corrected chi connectivity index (χ1v) is 10.3. The molecular formula is C21H17N3O4S2. The minimum Gasteiger partial charge on any atom is -0.465 e. The van der Waals surface area contributed by atoms with E-state index in [0.717, 1.165) is 22.7 Å². The van der Waals surface area contributed by atoms with Crippen molar-refractivity contribution in [1.29, 1.82) is 0 Å². The average molecular weight is 440 g/mol. The fourth-order valence-corrected chi connectivity index (χ4v) is 4.38. The van der Waals surface area contributed by atoms with Crippen molar-refractivity contribution in [3.8, 4) is 0 Å². The highest BCUT2D eigenvalue weighted by molar-refractivity contribution is 8.26. The van der Waals surface area contributed by atoms with Gasteiger partial charge in [-0.05, 0) is 23.8 Å².